The van der Waals surface area contributed by atoms with Crippen LogP contribution in [0.1, 0.15) is 18.9 Å². The number of nitrogens with zero attached hydrogens (tertiary/aromatic N) is 1. The van der Waals surface area contributed by atoms with Crippen LogP contribution in [0.3, 0.4) is 0 Å². The van der Waals surface area contributed by atoms with Gasteiger partial charge in [0.15, 0.2) is 0 Å². The standard InChI is InChI=1S/C14H15NOS/c1-10-8-14(16,9-17-10)12-5-2-6-13-11(12)4-3-7-15-13/h2-7,10,16H,8-9H2,1H3. The third kappa shape index (κ3) is 1.83. The lowest BCUT2D eigenvalue weighted by Crippen LogP contribution is -2.25. The number of fused-ring (bicyclic) bond motifs is 1. The van der Waals surface area contributed by atoms with Gasteiger partial charge in [0.25, 0.3) is 0 Å². The molecule has 0 aliphatic carbocycles. The molecule has 1 aliphatic heterocycles. The first-order chi connectivity index (χ1) is 8.19. The smallest absolute Gasteiger partial charge is 0.100 e. The van der Waals surface area contributed by atoms with Crippen LogP contribution in [0.25, 0.3) is 10.9 Å². The number of rotatable bonds is 1. The van der Waals surface area contributed by atoms with Gasteiger partial charge < -0.3 is 5.11 Å². The van der Waals surface area contributed by atoms with Crippen molar-refractivity contribution in [3.63, 3.8) is 0 Å². The average molecular weight is 245 g/mol. The summed E-state index contributed by atoms with van der Waals surface area (Å²) in [5, 5.41) is 12.4. The number of aromatic nitrogens is 1. The van der Waals surface area contributed by atoms with Gasteiger partial charge in [0, 0.05) is 22.6 Å². The molecular weight excluding hydrogens is 230 g/mol. The predicted octanol–water partition coefficient (Wildman–Crippen LogP) is 2.95. The Labute approximate surface area is 105 Å². The summed E-state index contributed by atoms with van der Waals surface area (Å²) in [5.41, 5.74) is 1.30. The monoisotopic (exact) mass is 245 g/mol. The maximum absolute atomic E-state index is 10.8. The molecular formula is C14H15NOS. The molecule has 17 heavy (non-hydrogen) atoms. The normalized spacial score (nSPS) is 28.7. The van der Waals surface area contributed by atoms with E-state index in [9.17, 15) is 5.11 Å². The highest BCUT2D eigenvalue weighted by Crippen LogP contribution is 2.43. The van der Waals surface area contributed by atoms with Crippen molar-refractivity contribution in [2.24, 2.45) is 0 Å². The lowest BCUT2D eigenvalue weighted by molar-refractivity contribution is 0.0627. The van der Waals surface area contributed by atoms with Crippen molar-refractivity contribution in [1.29, 1.82) is 0 Å². The Morgan fingerprint density at radius 2 is 2.24 bits per heavy atom. The van der Waals surface area contributed by atoms with Gasteiger partial charge in [0.1, 0.15) is 5.60 Å². The van der Waals surface area contributed by atoms with Gasteiger partial charge in [-0.2, -0.15) is 11.8 Å². The van der Waals surface area contributed by atoms with Gasteiger partial charge in [-0.05, 0) is 24.1 Å². The summed E-state index contributed by atoms with van der Waals surface area (Å²) in [6.45, 7) is 2.17. The van der Waals surface area contributed by atoms with Crippen LogP contribution in [0.4, 0.5) is 0 Å². The van der Waals surface area contributed by atoms with Crippen molar-refractivity contribution in [1.82, 2.24) is 4.98 Å². The molecule has 2 atom stereocenters. The van der Waals surface area contributed by atoms with E-state index in [2.05, 4.69) is 11.9 Å². The van der Waals surface area contributed by atoms with Crippen LogP contribution in [0.5, 0.6) is 0 Å². The van der Waals surface area contributed by atoms with Crippen LogP contribution in [0.15, 0.2) is 36.5 Å². The van der Waals surface area contributed by atoms with Crippen molar-refractivity contribution < 1.29 is 5.11 Å². The number of hydrogen-bond donors (Lipinski definition) is 1. The summed E-state index contributed by atoms with van der Waals surface area (Å²) < 4.78 is 0. The molecule has 88 valence electrons. The van der Waals surface area contributed by atoms with E-state index >= 15 is 0 Å². The molecule has 1 saturated heterocycles. The van der Waals surface area contributed by atoms with Gasteiger partial charge in [0.05, 0.1) is 5.52 Å². The van der Waals surface area contributed by atoms with Gasteiger partial charge in [0.2, 0.25) is 0 Å². The number of thioether (sulfide) groups is 1. The zero-order valence-corrected chi connectivity index (χ0v) is 10.6. The summed E-state index contributed by atoms with van der Waals surface area (Å²) in [6.07, 6.45) is 2.62. The first kappa shape index (κ1) is 11.1. The molecule has 0 spiro atoms. The Bertz CT molecular complexity index is 551. The highest BCUT2D eigenvalue weighted by atomic mass is 32.2. The van der Waals surface area contributed by atoms with Gasteiger partial charge in [-0.3, -0.25) is 4.98 Å². The van der Waals surface area contributed by atoms with E-state index in [0.717, 1.165) is 28.6 Å². The molecule has 1 fully saturated rings. The number of aliphatic hydroxyl groups is 1. The van der Waals surface area contributed by atoms with Gasteiger partial charge in [-0.25, -0.2) is 0 Å². The molecule has 0 radical (unpaired) electrons. The Morgan fingerprint density at radius 3 is 3.00 bits per heavy atom. The summed E-state index contributed by atoms with van der Waals surface area (Å²) >= 11 is 1.84. The summed E-state index contributed by atoms with van der Waals surface area (Å²) in [7, 11) is 0. The Kier molecular flexibility index (Phi) is 2.60. The summed E-state index contributed by atoms with van der Waals surface area (Å²) in [6, 6.07) is 9.98. The average Bonchev–Trinajstić information content (AvgIpc) is 2.70. The second-order valence-electron chi connectivity index (χ2n) is 4.73. The van der Waals surface area contributed by atoms with E-state index in [0.29, 0.717) is 5.25 Å². The van der Waals surface area contributed by atoms with Crippen molar-refractivity contribution in [3.05, 3.63) is 42.1 Å². The maximum atomic E-state index is 10.8. The number of pyridine rings is 1. The first-order valence-corrected chi connectivity index (χ1v) is 6.92. The van der Waals surface area contributed by atoms with Crippen LogP contribution in [-0.2, 0) is 5.60 Å². The number of benzene rings is 1. The topological polar surface area (TPSA) is 33.1 Å². The Balaban J connectivity index is 2.17. The van der Waals surface area contributed by atoms with Crippen molar-refractivity contribution in [3.8, 4) is 0 Å². The van der Waals surface area contributed by atoms with E-state index in [-0.39, 0.29) is 0 Å². The second-order valence-corrected chi connectivity index (χ2v) is 6.16. The highest BCUT2D eigenvalue weighted by molar-refractivity contribution is 8.00. The minimum Gasteiger partial charge on any atom is -0.384 e. The maximum Gasteiger partial charge on any atom is 0.100 e. The van der Waals surface area contributed by atoms with Crippen LogP contribution in [0.2, 0.25) is 0 Å². The van der Waals surface area contributed by atoms with Gasteiger partial charge in [-0.1, -0.05) is 25.1 Å². The minimum atomic E-state index is -0.688. The first-order valence-electron chi connectivity index (χ1n) is 5.87. The second kappa shape index (κ2) is 4.00. The fourth-order valence-corrected chi connectivity index (χ4v) is 3.80. The molecule has 2 heterocycles. The molecule has 2 aromatic rings. The van der Waals surface area contributed by atoms with E-state index < -0.39 is 5.60 Å². The van der Waals surface area contributed by atoms with Crippen LogP contribution in [-0.4, -0.2) is 21.1 Å². The molecule has 0 amide bonds. The van der Waals surface area contributed by atoms with E-state index in [1.807, 2.05) is 42.1 Å². The largest absolute Gasteiger partial charge is 0.384 e. The van der Waals surface area contributed by atoms with Crippen molar-refractivity contribution in [2.45, 2.75) is 24.2 Å². The van der Waals surface area contributed by atoms with Crippen molar-refractivity contribution >= 4 is 22.7 Å². The van der Waals surface area contributed by atoms with E-state index in [4.69, 9.17) is 0 Å². The Hall–Kier alpha value is -1.06. The molecule has 2 nitrogen and oxygen atoms in total. The fraction of sp³-hybridized carbons (Fsp3) is 0.357. The lowest BCUT2D eigenvalue weighted by Gasteiger charge is -2.23. The molecule has 3 rings (SSSR count). The molecule has 1 aromatic carbocycles. The summed E-state index contributed by atoms with van der Waals surface area (Å²) in [5.74, 6) is 0.780. The zero-order chi connectivity index (χ0) is 11.9. The Morgan fingerprint density at radius 1 is 1.35 bits per heavy atom. The van der Waals surface area contributed by atoms with Crippen LogP contribution < -0.4 is 0 Å². The predicted molar refractivity (Wildman–Crippen MR) is 72.2 cm³/mol. The third-order valence-electron chi connectivity index (χ3n) is 3.38. The SMILES string of the molecule is CC1CC(O)(c2cccc3ncccc23)CS1. The molecule has 1 aromatic heterocycles. The molecule has 1 aliphatic rings. The molecule has 0 saturated carbocycles. The van der Waals surface area contributed by atoms with Gasteiger partial charge in [-0.15, -0.1) is 0 Å². The van der Waals surface area contributed by atoms with E-state index in [1.54, 1.807) is 6.20 Å². The van der Waals surface area contributed by atoms with Crippen LogP contribution >= 0.6 is 11.8 Å². The molecule has 0 bridgehead atoms. The third-order valence-corrected chi connectivity index (χ3v) is 4.76. The number of hydrogen-bond acceptors (Lipinski definition) is 3. The van der Waals surface area contributed by atoms with Gasteiger partial charge >= 0.3 is 0 Å². The quantitative estimate of drug-likeness (QED) is 0.838. The molecule has 2 unspecified atom stereocenters. The van der Waals surface area contributed by atoms with Crippen LogP contribution in [0, 0.1) is 0 Å². The summed E-state index contributed by atoms with van der Waals surface area (Å²) in [4.78, 5) is 4.35. The van der Waals surface area contributed by atoms with E-state index in [1.165, 1.54) is 0 Å². The van der Waals surface area contributed by atoms with Crippen molar-refractivity contribution in [2.75, 3.05) is 5.75 Å². The highest BCUT2D eigenvalue weighted by Gasteiger charge is 2.38. The zero-order valence-electron chi connectivity index (χ0n) is 9.76. The minimum absolute atomic E-state index is 0.520. The molecule has 1 N–H and O–H groups in total. The molecule has 3 heteroatoms. The lowest BCUT2D eigenvalue weighted by atomic mass is 9.88. The fourth-order valence-electron chi connectivity index (χ4n) is 2.57.